The highest BCUT2D eigenvalue weighted by Crippen LogP contribution is 2.22. The third kappa shape index (κ3) is 3.40. The molecule has 1 amide bonds. The second-order valence-electron chi connectivity index (χ2n) is 5.00. The standard InChI is InChI=1S/C11H21N3OS/c1-7(2)8-5-6-16-10(13-8)14-11(3,4)9(12)15/h7-8H,5-6H2,1-4H3,(H2,12,15)(H,13,14). The fourth-order valence-electron chi connectivity index (χ4n) is 1.41. The van der Waals surface area contributed by atoms with Crippen molar-refractivity contribution in [3.8, 4) is 0 Å². The Labute approximate surface area is 101 Å². The fourth-order valence-corrected chi connectivity index (χ4v) is 2.50. The van der Waals surface area contributed by atoms with Gasteiger partial charge in [-0.3, -0.25) is 9.79 Å². The second-order valence-corrected chi connectivity index (χ2v) is 6.08. The lowest BCUT2D eigenvalue weighted by atomic mass is 10.0. The third-order valence-corrected chi connectivity index (χ3v) is 3.66. The first kappa shape index (κ1) is 13.4. The van der Waals surface area contributed by atoms with Crippen molar-refractivity contribution in [2.45, 2.75) is 45.7 Å². The lowest BCUT2D eigenvalue weighted by Gasteiger charge is -2.29. The van der Waals surface area contributed by atoms with Gasteiger partial charge < -0.3 is 11.1 Å². The molecule has 5 heteroatoms. The first-order valence-corrected chi connectivity index (χ1v) is 6.60. The normalized spacial score (nSPS) is 21.8. The van der Waals surface area contributed by atoms with Crippen LogP contribution in [0.25, 0.3) is 0 Å². The number of aliphatic imine (C=N–C) groups is 1. The molecular weight excluding hydrogens is 222 g/mol. The number of amidine groups is 1. The molecule has 0 bridgehead atoms. The van der Waals surface area contributed by atoms with E-state index in [1.807, 2.05) is 0 Å². The Morgan fingerprint density at radius 2 is 2.25 bits per heavy atom. The van der Waals surface area contributed by atoms with E-state index in [1.165, 1.54) is 0 Å². The SMILES string of the molecule is CC(C)C1CCSC(NC(C)(C)C(N)=O)=N1. The first-order valence-electron chi connectivity index (χ1n) is 5.61. The molecule has 0 radical (unpaired) electrons. The van der Waals surface area contributed by atoms with E-state index in [0.717, 1.165) is 17.3 Å². The highest BCUT2D eigenvalue weighted by molar-refractivity contribution is 8.13. The number of nitrogens with zero attached hydrogens (tertiary/aromatic N) is 1. The zero-order valence-corrected chi connectivity index (χ0v) is 11.2. The predicted molar refractivity (Wildman–Crippen MR) is 69.5 cm³/mol. The molecule has 0 saturated heterocycles. The Morgan fingerprint density at radius 3 is 2.75 bits per heavy atom. The zero-order valence-electron chi connectivity index (χ0n) is 10.4. The van der Waals surface area contributed by atoms with Crippen LogP contribution in [0.3, 0.4) is 0 Å². The van der Waals surface area contributed by atoms with Gasteiger partial charge in [0, 0.05) is 5.75 Å². The Bertz CT molecular complexity index is 300. The molecule has 1 aliphatic heterocycles. The molecule has 0 aliphatic carbocycles. The van der Waals surface area contributed by atoms with E-state index in [-0.39, 0.29) is 5.91 Å². The van der Waals surface area contributed by atoms with Crippen molar-refractivity contribution in [3.05, 3.63) is 0 Å². The minimum absolute atomic E-state index is 0.354. The summed E-state index contributed by atoms with van der Waals surface area (Å²) in [5, 5.41) is 3.96. The molecule has 1 rings (SSSR count). The van der Waals surface area contributed by atoms with Crippen LogP contribution in [0.2, 0.25) is 0 Å². The molecular formula is C11H21N3OS. The highest BCUT2D eigenvalue weighted by atomic mass is 32.2. The molecule has 0 spiro atoms. The first-order chi connectivity index (χ1) is 7.33. The Hall–Kier alpha value is -0.710. The van der Waals surface area contributed by atoms with Crippen LogP contribution in [0, 0.1) is 5.92 Å². The van der Waals surface area contributed by atoms with Crippen LogP contribution in [-0.4, -0.2) is 28.4 Å². The molecule has 0 aromatic carbocycles. The summed E-state index contributed by atoms with van der Waals surface area (Å²) in [6, 6.07) is 0.354. The van der Waals surface area contributed by atoms with Crippen LogP contribution >= 0.6 is 11.8 Å². The number of carbonyl (C=O) groups excluding carboxylic acids is 1. The second kappa shape index (κ2) is 5.08. The Morgan fingerprint density at radius 1 is 1.62 bits per heavy atom. The van der Waals surface area contributed by atoms with Crippen LogP contribution in [0.5, 0.6) is 0 Å². The Balaban J connectivity index is 2.70. The van der Waals surface area contributed by atoms with E-state index in [2.05, 4.69) is 24.2 Å². The van der Waals surface area contributed by atoms with Gasteiger partial charge in [-0.25, -0.2) is 0 Å². The summed E-state index contributed by atoms with van der Waals surface area (Å²) in [5.74, 6) is 1.22. The minimum atomic E-state index is -0.731. The van der Waals surface area contributed by atoms with Gasteiger partial charge in [0.1, 0.15) is 5.54 Å². The van der Waals surface area contributed by atoms with Crippen molar-refractivity contribution in [2.75, 3.05) is 5.75 Å². The van der Waals surface area contributed by atoms with E-state index >= 15 is 0 Å². The number of primary amides is 1. The monoisotopic (exact) mass is 243 g/mol. The third-order valence-electron chi connectivity index (χ3n) is 2.74. The highest BCUT2D eigenvalue weighted by Gasteiger charge is 2.28. The molecule has 1 atom stereocenters. The summed E-state index contributed by atoms with van der Waals surface area (Å²) in [6.07, 6.45) is 1.10. The van der Waals surface area contributed by atoms with Crippen molar-refractivity contribution in [2.24, 2.45) is 16.6 Å². The average molecular weight is 243 g/mol. The van der Waals surface area contributed by atoms with E-state index < -0.39 is 5.54 Å². The van der Waals surface area contributed by atoms with Gasteiger partial charge >= 0.3 is 0 Å². The summed E-state index contributed by atoms with van der Waals surface area (Å²) in [7, 11) is 0. The number of nitrogens with two attached hydrogens (primary N) is 1. The maximum Gasteiger partial charge on any atom is 0.242 e. The van der Waals surface area contributed by atoms with Gasteiger partial charge in [-0.2, -0.15) is 0 Å². The number of rotatable bonds is 3. The summed E-state index contributed by atoms with van der Waals surface area (Å²) >= 11 is 1.66. The number of hydrogen-bond acceptors (Lipinski definition) is 4. The Kier molecular flexibility index (Phi) is 4.24. The smallest absolute Gasteiger partial charge is 0.242 e. The van der Waals surface area contributed by atoms with Gasteiger partial charge in [-0.15, -0.1) is 0 Å². The van der Waals surface area contributed by atoms with Gasteiger partial charge in [-0.1, -0.05) is 25.6 Å². The summed E-state index contributed by atoms with van der Waals surface area (Å²) in [5.41, 5.74) is 4.58. The van der Waals surface area contributed by atoms with Crippen molar-refractivity contribution in [1.29, 1.82) is 0 Å². The largest absolute Gasteiger partial charge is 0.368 e. The number of amides is 1. The zero-order chi connectivity index (χ0) is 12.3. The average Bonchev–Trinajstić information content (AvgIpc) is 2.17. The maximum atomic E-state index is 11.2. The molecule has 0 saturated carbocycles. The number of hydrogen-bond donors (Lipinski definition) is 2. The lowest BCUT2D eigenvalue weighted by molar-refractivity contribution is -0.122. The molecule has 0 aromatic heterocycles. The van der Waals surface area contributed by atoms with E-state index in [4.69, 9.17) is 5.73 Å². The quantitative estimate of drug-likeness (QED) is 0.786. The molecule has 1 unspecified atom stereocenters. The van der Waals surface area contributed by atoms with Crippen LogP contribution in [0.4, 0.5) is 0 Å². The molecule has 16 heavy (non-hydrogen) atoms. The summed E-state index contributed by atoms with van der Waals surface area (Å²) in [6.45, 7) is 7.89. The van der Waals surface area contributed by atoms with Crippen LogP contribution in [0.15, 0.2) is 4.99 Å². The minimum Gasteiger partial charge on any atom is -0.368 e. The van der Waals surface area contributed by atoms with Gasteiger partial charge in [0.25, 0.3) is 0 Å². The molecule has 1 aliphatic rings. The molecule has 92 valence electrons. The number of carbonyl (C=O) groups is 1. The number of nitrogens with one attached hydrogen (secondary N) is 1. The molecule has 4 nitrogen and oxygen atoms in total. The van der Waals surface area contributed by atoms with E-state index in [9.17, 15) is 4.79 Å². The topological polar surface area (TPSA) is 67.5 Å². The summed E-state index contributed by atoms with van der Waals surface area (Å²) < 4.78 is 0. The molecule has 0 aromatic rings. The van der Waals surface area contributed by atoms with E-state index in [0.29, 0.717) is 12.0 Å². The predicted octanol–water partition coefficient (Wildman–Crippen LogP) is 1.36. The van der Waals surface area contributed by atoms with Gasteiger partial charge in [0.15, 0.2) is 5.17 Å². The van der Waals surface area contributed by atoms with Crippen LogP contribution < -0.4 is 11.1 Å². The van der Waals surface area contributed by atoms with Crippen molar-refractivity contribution in [1.82, 2.24) is 5.32 Å². The fraction of sp³-hybridized carbons (Fsp3) is 0.818. The number of thioether (sulfide) groups is 1. The van der Waals surface area contributed by atoms with E-state index in [1.54, 1.807) is 25.6 Å². The maximum absolute atomic E-state index is 11.2. The lowest BCUT2D eigenvalue weighted by Crippen LogP contribution is -2.53. The van der Waals surface area contributed by atoms with Gasteiger partial charge in [-0.05, 0) is 26.2 Å². The molecule has 0 fully saturated rings. The summed E-state index contributed by atoms with van der Waals surface area (Å²) in [4.78, 5) is 15.8. The van der Waals surface area contributed by atoms with Gasteiger partial charge in [0.2, 0.25) is 5.91 Å². The van der Waals surface area contributed by atoms with Crippen molar-refractivity contribution >= 4 is 22.8 Å². The van der Waals surface area contributed by atoms with Crippen LogP contribution in [-0.2, 0) is 4.79 Å². The van der Waals surface area contributed by atoms with Gasteiger partial charge in [0.05, 0.1) is 6.04 Å². The molecule has 1 heterocycles. The molecule has 3 N–H and O–H groups in total. The van der Waals surface area contributed by atoms with Crippen LogP contribution in [0.1, 0.15) is 34.1 Å². The van der Waals surface area contributed by atoms with Crippen molar-refractivity contribution in [3.63, 3.8) is 0 Å². The van der Waals surface area contributed by atoms with Crippen molar-refractivity contribution < 1.29 is 4.79 Å².